The van der Waals surface area contributed by atoms with Gasteiger partial charge in [-0.3, -0.25) is 4.79 Å². The minimum atomic E-state index is -0.179. The normalized spacial score (nSPS) is 23.3. The summed E-state index contributed by atoms with van der Waals surface area (Å²) in [5, 5.41) is 0.555. The van der Waals surface area contributed by atoms with E-state index in [0.29, 0.717) is 11.6 Å². The molecule has 108 valence electrons. The quantitative estimate of drug-likeness (QED) is 0.873. The second-order valence-electron chi connectivity index (χ2n) is 6.55. The monoisotopic (exact) mass is 300 g/mol. The second-order valence-corrected chi connectivity index (χ2v) is 7.58. The molecule has 2 aliphatic rings. The third-order valence-corrected chi connectivity index (χ3v) is 5.21. The van der Waals surface area contributed by atoms with E-state index in [2.05, 4.69) is 18.8 Å². The topological polar surface area (TPSA) is 69.1 Å². The average molecular weight is 300 g/mol. The first kappa shape index (κ1) is 12.8. The van der Waals surface area contributed by atoms with Crippen LogP contribution in [0.1, 0.15) is 48.9 Å². The third kappa shape index (κ3) is 1.80. The van der Waals surface area contributed by atoms with Crippen molar-refractivity contribution in [3.05, 3.63) is 40.3 Å². The van der Waals surface area contributed by atoms with Crippen LogP contribution >= 0.6 is 11.3 Å². The molecule has 4 rings (SSSR count). The zero-order valence-electron chi connectivity index (χ0n) is 12.0. The van der Waals surface area contributed by atoms with Gasteiger partial charge in [-0.2, -0.15) is 0 Å². The van der Waals surface area contributed by atoms with Gasteiger partial charge < -0.3 is 10.2 Å². The highest BCUT2D eigenvalue weighted by Crippen LogP contribution is 2.55. The SMILES string of the molecule is CC1(C)CC(=O)C2=C(C1)c1sc(N)nc1C2c1ccco1. The molecule has 0 bridgehead atoms. The number of nitrogens with two attached hydrogens (primary N) is 1. The molecule has 0 saturated heterocycles. The van der Waals surface area contributed by atoms with E-state index >= 15 is 0 Å². The summed E-state index contributed by atoms with van der Waals surface area (Å²) >= 11 is 1.48. The Kier molecular flexibility index (Phi) is 2.49. The smallest absolute Gasteiger partial charge is 0.180 e. The Balaban J connectivity index is 1.95. The van der Waals surface area contributed by atoms with Crippen LogP contribution in [0.25, 0.3) is 5.57 Å². The molecule has 0 amide bonds. The molecule has 2 aliphatic carbocycles. The fraction of sp³-hybridized carbons (Fsp3) is 0.375. The molecule has 0 radical (unpaired) electrons. The summed E-state index contributed by atoms with van der Waals surface area (Å²) in [7, 11) is 0. The lowest BCUT2D eigenvalue weighted by Gasteiger charge is -2.30. The van der Waals surface area contributed by atoms with Crippen molar-refractivity contribution in [2.24, 2.45) is 5.41 Å². The first-order valence-corrected chi connectivity index (χ1v) is 7.84. The van der Waals surface area contributed by atoms with Gasteiger partial charge in [0.1, 0.15) is 5.76 Å². The summed E-state index contributed by atoms with van der Waals surface area (Å²) < 4.78 is 5.57. The van der Waals surface area contributed by atoms with Gasteiger partial charge in [-0.25, -0.2) is 4.98 Å². The molecule has 5 heteroatoms. The van der Waals surface area contributed by atoms with Crippen LogP contribution in [-0.4, -0.2) is 10.8 Å². The second kappa shape index (κ2) is 4.07. The number of fused-ring (bicyclic) bond motifs is 2. The molecular weight excluding hydrogens is 284 g/mol. The van der Waals surface area contributed by atoms with Crippen molar-refractivity contribution in [2.75, 3.05) is 5.73 Å². The molecule has 21 heavy (non-hydrogen) atoms. The van der Waals surface area contributed by atoms with E-state index in [1.165, 1.54) is 11.3 Å². The van der Waals surface area contributed by atoms with Crippen LogP contribution in [0, 0.1) is 5.41 Å². The number of nitrogens with zero attached hydrogens (tertiary/aromatic N) is 1. The maximum atomic E-state index is 12.7. The van der Waals surface area contributed by atoms with E-state index in [1.54, 1.807) is 6.26 Å². The lowest BCUT2D eigenvalue weighted by atomic mass is 9.73. The van der Waals surface area contributed by atoms with Crippen LogP contribution in [0.3, 0.4) is 0 Å². The molecule has 0 fully saturated rings. The largest absolute Gasteiger partial charge is 0.468 e. The first-order valence-electron chi connectivity index (χ1n) is 7.02. The summed E-state index contributed by atoms with van der Waals surface area (Å²) in [6, 6.07) is 3.76. The van der Waals surface area contributed by atoms with Crippen LogP contribution < -0.4 is 5.73 Å². The van der Waals surface area contributed by atoms with E-state index in [1.807, 2.05) is 12.1 Å². The standard InChI is InChI=1S/C16H16N2O2S/c1-16(2)6-8-11(9(19)7-16)12(10-4-3-5-20-10)13-14(8)21-15(17)18-13/h3-5,12H,6-7H2,1-2H3,(H2,17,18). The average Bonchev–Trinajstić information content (AvgIpc) is 3.04. The van der Waals surface area contributed by atoms with Gasteiger partial charge in [-0.1, -0.05) is 25.2 Å². The van der Waals surface area contributed by atoms with Crippen molar-refractivity contribution in [1.29, 1.82) is 0 Å². The van der Waals surface area contributed by atoms with Gasteiger partial charge >= 0.3 is 0 Å². The van der Waals surface area contributed by atoms with Gasteiger partial charge in [0.15, 0.2) is 10.9 Å². The van der Waals surface area contributed by atoms with E-state index < -0.39 is 0 Å². The van der Waals surface area contributed by atoms with Gasteiger partial charge in [0.25, 0.3) is 0 Å². The summed E-state index contributed by atoms with van der Waals surface area (Å²) in [6.07, 6.45) is 3.11. The van der Waals surface area contributed by atoms with E-state index in [9.17, 15) is 4.79 Å². The number of ketones is 1. The predicted octanol–water partition coefficient (Wildman–Crippen LogP) is 3.61. The van der Waals surface area contributed by atoms with Gasteiger partial charge in [0.2, 0.25) is 0 Å². The number of carbonyl (C=O) groups is 1. The number of thiazole rings is 1. The minimum absolute atomic E-state index is 0.00993. The highest BCUT2D eigenvalue weighted by molar-refractivity contribution is 7.16. The maximum absolute atomic E-state index is 12.7. The van der Waals surface area contributed by atoms with Gasteiger partial charge in [-0.15, -0.1) is 0 Å². The number of rotatable bonds is 1. The molecule has 0 spiro atoms. The molecule has 0 aliphatic heterocycles. The fourth-order valence-corrected chi connectivity index (χ4v) is 4.43. The van der Waals surface area contributed by atoms with Crippen LogP contribution in [0.15, 0.2) is 28.4 Å². The molecule has 4 nitrogen and oxygen atoms in total. The van der Waals surface area contributed by atoms with Crippen molar-refractivity contribution >= 4 is 27.8 Å². The number of allylic oxidation sites excluding steroid dienone is 2. The zero-order valence-corrected chi connectivity index (χ0v) is 12.8. The lowest BCUT2D eigenvalue weighted by molar-refractivity contribution is -0.118. The number of carbonyl (C=O) groups excluding carboxylic acids is 1. The highest BCUT2D eigenvalue weighted by Gasteiger charge is 2.45. The predicted molar refractivity (Wildman–Crippen MR) is 82.0 cm³/mol. The number of aromatic nitrogens is 1. The number of Topliss-reactive ketones (excluding diaryl/α,β-unsaturated/α-hetero) is 1. The Morgan fingerprint density at radius 2 is 2.24 bits per heavy atom. The number of hydrogen-bond acceptors (Lipinski definition) is 5. The molecule has 2 heterocycles. The summed E-state index contributed by atoms with van der Waals surface area (Å²) in [5.41, 5.74) is 8.78. The Bertz CT molecular complexity index is 768. The fourth-order valence-electron chi connectivity index (χ4n) is 3.50. The molecule has 1 atom stereocenters. The van der Waals surface area contributed by atoms with Crippen molar-refractivity contribution in [3.63, 3.8) is 0 Å². The van der Waals surface area contributed by atoms with Crippen molar-refractivity contribution in [2.45, 2.75) is 32.6 Å². The van der Waals surface area contributed by atoms with Crippen LogP contribution in [0.2, 0.25) is 0 Å². The van der Waals surface area contributed by atoms with Crippen molar-refractivity contribution in [1.82, 2.24) is 4.98 Å². The first-order chi connectivity index (χ1) is 9.96. The van der Waals surface area contributed by atoms with Crippen molar-refractivity contribution < 1.29 is 9.21 Å². The van der Waals surface area contributed by atoms with Gasteiger partial charge in [-0.05, 0) is 29.5 Å². The molecule has 0 aromatic carbocycles. The maximum Gasteiger partial charge on any atom is 0.180 e. The van der Waals surface area contributed by atoms with Crippen LogP contribution in [-0.2, 0) is 4.79 Å². The Hall–Kier alpha value is -1.88. The number of nitrogen functional groups attached to an aromatic ring is 1. The number of furan rings is 1. The molecule has 1 unspecified atom stereocenters. The molecule has 0 saturated carbocycles. The minimum Gasteiger partial charge on any atom is -0.468 e. The Morgan fingerprint density at radius 3 is 2.95 bits per heavy atom. The Labute approximate surface area is 126 Å². The molecule has 2 N–H and O–H groups in total. The zero-order chi connectivity index (χ0) is 14.8. The summed E-state index contributed by atoms with van der Waals surface area (Å²) in [5.74, 6) is 0.813. The lowest BCUT2D eigenvalue weighted by Crippen LogP contribution is -2.25. The van der Waals surface area contributed by atoms with E-state index in [4.69, 9.17) is 10.2 Å². The van der Waals surface area contributed by atoms with Crippen LogP contribution in [0.4, 0.5) is 5.13 Å². The molecular formula is C16H16N2O2S. The van der Waals surface area contributed by atoms with Crippen LogP contribution in [0.5, 0.6) is 0 Å². The van der Waals surface area contributed by atoms with E-state index in [-0.39, 0.29) is 17.1 Å². The van der Waals surface area contributed by atoms with Gasteiger partial charge in [0.05, 0.1) is 22.8 Å². The summed E-state index contributed by atoms with van der Waals surface area (Å²) in [4.78, 5) is 18.2. The third-order valence-electron chi connectivity index (χ3n) is 4.25. The van der Waals surface area contributed by atoms with Crippen molar-refractivity contribution in [3.8, 4) is 0 Å². The molecule has 2 aromatic heterocycles. The number of hydrogen-bond donors (Lipinski definition) is 1. The Morgan fingerprint density at radius 1 is 1.43 bits per heavy atom. The summed E-state index contributed by atoms with van der Waals surface area (Å²) in [6.45, 7) is 4.28. The highest BCUT2D eigenvalue weighted by atomic mass is 32.1. The number of anilines is 1. The van der Waals surface area contributed by atoms with E-state index in [0.717, 1.165) is 33.9 Å². The van der Waals surface area contributed by atoms with Gasteiger partial charge in [0, 0.05) is 12.0 Å². The molecule has 2 aromatic rings.